The van der Waals surface area contributed by atoms with Gasteiger partial charge in [-0.1, -0.05) is 28.1 Å². The molecule has 1 unspecified atom stereocenters. The van der Waals surface area contributed by atoms with Crippen molar-refractivity contribution >= 4 is 38.1 Å². The summed E-state index contributed by atoms with van der Waals surface area (Å²) in [4.78, 5) is 25.8. The van der Waals surface area contributed by atoms with Crippen LogP contribution in [0, 0.1) is 0 Å². The molecule has 35 heavy (non-hydrogen) atoms. The maximum absolute atomic E-state index is 13.9. The summed E-state index contributed by atoms with van der Waals surface area (Å²) < 4.78 is 51.4. The fourth-order valence-electron chi connectivity index (χ4n) is 5.17. The van der Waals surface area contributed by atoms with Crippen molar-refractivity contribution in [2.75, 3.05) is 0 Å². The second-order valence-electron chi connectivity index (χ2n) is 8.63. The summed E-state index contributed by atoms with van der Waals surface area (Å²) in [6.07, 6.45) is -3.86. The largest absolute Gasteiger partial charge is 0.419 e. The summed E-state index contributed by atoms with van der Waals surface area (Å²) in [7, 11) is 1.59. The van der Waals surface area contributed by atoms with Gasteiger partial charge in [-0.05, 0) is 60.4 Å². The molecule has 0 saturated heterocycles. The van der Waals surface area contributed by atoms with E-state index in [1.54, 1.807) is 54.1 Å². The number of benzene rings is 3. The highest BCUT2D eigenvalue weighted by Gasteiger charge is 2.38. The zero-order chi connectivity index (χ0) is 24.6. The zero-order valence-electron chi connectivity index (χ0n) is 18.3. The minimum absolute atomic E-state index is 0.226. The Hall–Kier alpha value is -3.53. The molecule has 0 N–H and O–H groups in total. The van der Waals surface area contributed by atoms with E-state index >= 15 is 0 Å². The van der Waals surface area contributed by atoms with Crippen LogP contribution in [-0.4, -0.2) is 13.7 Å². The van der Waals surface area contributed by atoms with Crippen molar-refractivity contribution in [3.63, 3.8) is 0 Å². The number of hydrogen-bond donors (Lipinski definition) is 0. The van der Waals surface area contributed by atoms with Crippen LogP contribution in [0.2, 0.25) is 0 Å². The first-order valence-electron chi connectivity index (χ1n) is 10.9. The van der Waals surface area contributed by atoms with E-state index < -0.39 is 23.5 Å². The highest BCUT2D eigenvalue weighted by molar-refractivity contribution is 9.10. The van der Waals surface area contributed by atoms with E-state index in [1.165, 1.54) is 15.2 Å². The fourth-order valence-corrected chi connectivity index (χ4v) is 5.52. The minimum Gasteiger partial charge on any atom is -0.408 e. The van der Waals surface area contributed by atoms with Crippen molar-refractivity contribution in [1.29, 1.82) is 0 Å². The fraction of sp³-hybridized carbons (Fsp3) is 0.200. The van der Waals surface area contributed by atoms with E-state index in [0.717, 1.165) is 10.5 Å². The molecule has 1 aliphatic carbocycles. The van der Waals surface area contributed by atoms with Crippen LogP contribution in [0.5, 0.6) is 0 Å². The average Bonchev–Trinajstić information content (AvgIpc) is 3.44. The highest BCUT2D eigenvalue weighted by atomic mass is 79.9. The Morgan fingerprint density at radius 3 is 2.54 bits per heavy atom. The molecule has 5 aromatic rings. The summed E-state index contributed by atoms with van der Waals surface area (Å²) in [5.74, 6) is -0.515. The molecule has 0 aliphatic heterocycles. The van der Waals surface area contributed by atoms with Crippen molar-refractivity contribution < 1.29 is 17.6 Å². The molecule has 178 valence electrons. The summed E-state index contributed by atoms with van der Waals surface area (Å²) in [5.41, 5.74) is 2.30. The molecule has 0 fully saturated rings. The van der Waals surface area contributed by atoms with E-state index in [0.29, 0.717) is 39.8 Å². The van der Waals surface area contributed by atoms with Crippen LogP contribution in [-0.2, 0) is 19.6 Å². The average molecular weight is 544 g/mol. The van der Waals surface area contributed by atoms with Gasteiger partial charge in [-0.25, -0.2) is 9.59 Å². The number of imidazole rings is 1. The van der Waals surface area contributed by atoms with Crippen molar-refractivity contribution in [3.8, 4) is 5.69 Å². The van der Waals surface area contributed by atoms with E-state index in [1.807, 2.05) is 0 Å². The Labute approximate surface area is 203 Å². The molecule has 0 radical (unpaired) electrons. The molecular weight excluding hydrogens is 527 g/mol. The maximum atomic E-state index is 13.9. The van der Waals surface area contributed by atoms with Crippen LogP contribution in [0.15, 0.2) is 73.1 Å². The van der Waals surface area contributed by atoms with E-state index in [9.17, 15) is 22.8 Å². The Bertz CT molecular complexity index is 1770. The molecule has 1 aliphatic rings. The molecule has 3 aromatic carbocycles. The van der Waals surface area contributed by atoms with Gasteiger partial charge in [0.1, 0.15) is 0 Å². The second kappa shape index (κ2) is 7.48. The van der Waals surface area contributed by atoms with Gasteiger partial charge in [0.2, 0.25) is 0 Å². The van der Waals surface area contributed by atoms with Gasteiger partial charge in [0, 0.05) is 17.6 Å². The van der Waals surface area contributed by atoms with Gasteiger partial charge in [-0.3, -0.25) is 13.7 Å². The Balaban J connectivity index is 1.61. The predicted octanol–water partition coefficient (Wildman–Crippen LogP) is 5.55. The monoisotopic (exact) mass is 543 g/mol. The normalized spacial score (nSPS) is 15.9. The number of oxazole rings is 1. The second-order valence-corrected chi connectivity index (χ2v) is 9.54. The van der Waals surface area contributed by atoms with Gasteiger partial charge >= 0.3 is 17.6 Å². The lowest BCUT2D eigenvalue weighted by Gasteiger charge is -2.16. The maximum Gasteiger partial charge on any atom is 0.419 e. The number of fused-ring (bicyclic) bond motifs is 3. The van der Waals surface area contributed by atoms with Gasteiger partial charge in [-0.2, -0.15) is 13.2 Å². The van der Waals surface area contributed by atoms with Gasteiger partial charge in [0.05, 0.1) is 33.8 Å². The number of halogens is 4. The van der Waals surface area contributed by atoms with Crippen molar-refractivity contribution in [1.82, 2.24) is 13.7 Å². The number of rotatable bonds is 2. The van der Waals surface area contributed by atoms with Crippen molar-refractivity contribution in [2.24, 2.45) is 7.05 Å². The van der Waals surface area contributed by atoms with Gasteiger partial charge in [-0.15, -0.1) is 0 Å². The summed E-state index contributed by atoms with van der Waals surface area (Å²) in [5, 5.41) is 0. The first-order chi connectivity index (χ1) is 16.6. The smallest absolute Gasteiger partial charge is 0.408 e. The van der Waals surface area contributed by atoms with E-state index in [4.69, 9.17) is 4.42 Å². The lowest BCUT2D eigenvalue weighted by Crippen LogP contribution is -2.26. The molecular formula is C25H17BrF3N3O3. The third-order valence-electron chi connectivity index (χ3n) is 6.73. The topological polar surface area (TPSA) is 62.1 Å². The Kier molecular flexibility index (Phi) is 4.70. The SMILES string of the molecule is Cn1c(=O)oc2cc(-n3c(=O)n(C4CCc5c4cccc5C(F)(F)F)c4cc(Br)ccc43)ccc21. The number of aromatic nitrogens is 3. The van der Waals surface area contributed by atoms with Crippen LogP contribution in [0.4, 0.5) is 13.2 Å². The predicted molar refractivity (Wildman–Crippen MR) is 128 cm³/mol. The molecule has 1 atom stereocenters. The molecule has 0 saturated carbocycles. The first-order valence-corrected chi connectivity index (χ1v) is 11.7. The van der Waals surface area contributed by atoms with Crippen LogP contribution >= 0.6 is 15.9 Å². The van der Waals surface area contributed by atoms with E-state index in [-0.39, 0.29) is 17.7 Å². The quantitative estimate of drug-likeness (QED) is 0.293. The highest BCUT2D eigenvalue weighted by Crippen LogP contribution is 2.42. The lowest BCUT2D eigenvalue weighted by molar-refractivity contribution is -0.138. The summed E-state index contributed by atoms with van der Waals surface area (Å²) >= 11 is 3.45. The molecule has 0 spiro atoms. The number of hydrogen-bond acceptors (Lipinski definition) is 3. The minimum atomic E-state index is -4.46. The molecule has 6 nitrogen and oxygen atoms in total. The third kappa shape index (κ3) is 3.23. The number of alkyl halides is 3. The van der Waals surface area contributed by atoms with Crippen molar-refractivity contribution in [3.05, 3.63) is 96.8 Å². The van der Waals surface area contributed by atoms with Crippen LogP contribution in [0.1, 0.15) is 29.2 Å². The molecule has 2 aromatic heterocycles. The third-order valence-corrected chi connectivity index (χ3v) is 7.22. The molecule has 0 bridgehead atoms. The zero-order valence-corrected chi connectivity index (χ0v) is 19.9. The molecule has 10 heteroatoms. The van der Waals surface area contributed by atoms with Gasteiger partial charge in [0.25, 0.3) is 0 Å². The Morgan fingerprint density at radius 1 is 1.00 bits per heavy atom. The molecule has 2 heterocycles. The summed E-state index contributed by atoms with van der Waals surface area (Å²) in [6.45, 7) is 0. The van der Waals surface area contributed by atoms with Gasteiger partial charge < -0.3 is 4.42 Å². The van der Waals surface area contributed by atoms with E-state index in [2.05, 4.69) is 15.9 Å². The summed E-state index contributed by atoms with van der Waals surface area (Å²) in [6, 6.07) is 14.0. The Morgan fingerprint density at radius 2 is 1.77 bits per heavy atom. The van der Waals surface area contributed by atoms with Crippen molar-refractivity contribution in [2.45, 2.75) is 25.1 Å². The van der Waals surface area contributed by atoms with Crippen LogP contribution < -0.4 is 11.4 Å². The standard InChI is InChI=1S/C25H17BrF3N3O3/c1-30-20-9-6-14(12-22(20)35-24(30)34)31-19-8-5-13(26)11-21(19)32(23(31)33)18-10-7-15-16(18)3-2-4-17(15)25(27,28)29/h2-6,8-9,11-12,18H,7,10H2,1H3. The molecule has 6 rings (SSSR count). The van der Waals surface area contributed by atoms with Gasteiger partial charge in [0.15, 0.2) is 5.58 Å². The van der Waals surface area contributed by atoms with Crippen LogP contribution in [0.25, 0.3) is 27.8 Å². The van der Waals surface area contributed by atoms with Crippen LogP contribution in [0.3, 0.4) is 0 Å². The first kappa shape index (κ1) is 22.0. The molecule has 0 amide bonds. The number of nitrogens with zero attached hydrogens (tertiary/aromatic N) is 3. The lowest BCUT2D eigenvalue weighted by atomic mass is 10.0. The number of aryl methyl sites for hydroxylation is 1.